The van der Waals surface area contributed by atoms with E-state index in [1.807, 2.05) is 13.0 Å². The summed E-state index contributed by atoms with van der Waals surface area (Å²) in [5, 5.41) is 8.40. The Morgan fingerprint density at radius 1 is 0.772 bits per heavy atom. The Bertz CT molecular complexity index is 1580. The maximum Gasteiger partial charge on any atom is 0.329 e. The lowest BCUT2D eigenvalue weighted by Crippen LogP contribution is -2.60. The van der Waals surface area contributed by atoms with Crippen LogP contribution in [0.4, 0.5) is 0 Å². The summed E-state index contributed by atoms with van der Waals surface area (Å²) in [5.74, 6) is -5.64. The lowest BCUT2D eigenvalue weighted by atomic mass is 9.82. The summed E-state index contributed by atoms with van der Waals surface area (Å²) in [6, 6.07) is 3.70. The molecule has 0 aliphatic carbocycles. The van der Waals surface area contributed by atoms with Crippen molar-refractivity contribution in [1.29, 1.82) is 0 Å². The number of nitrogens with zero attached hydrogens (tertiary/aromatic N) is 2. The Morgan fingerprint density at radius 3 is 1.98 bits per heavy atom. The van der Waals surface area contributed by atoms with Gasteiger partial charge in [0, 0.05) is 20.0 Å². The molecular formula is C43H67N5O9. The van der Waals surface area contributed by atoms with Crippen molar-refractivity contribution in [2.45, 2.75) is 157 Å². The molecule has 2 fully saturated rings. The van der Waals surface area contributed by atoms with E-state index in [0.717, 1.165) is 18.4 Å². The van der Waals surface area contributed by atoms with Gasteiger partial charge >= 0.3 is 11.9 Å². The van der Waals surface area contributed by atoms with Gasteiger partial charge in [-0.3, -0.25) is 24.0 Å². The van der Waals surface area contributed by atoms with Gasteiger partial charge in [0.1, 0.15) is 36.3 Å². The number of cyclic esters (lactones) is 2. The average Bonchev–Trinajstić information content (AvgIpc) is 3.64. The third kappa shape index (κ3) is 12.0. The molecule has 1 aromatic carbocycles. The van der Waals surface area contributed by atoms with E-state index in [-0.39, 0.29) is 13.0 Å². The van der Waals surface area contributed by atoms with Crippen LogP contribution < -0.4 is 16.0 Å². The molecule has 7 atom stereocenters. The van der Waals surface area contributed by atoms with Gasteiger partial charge in [0.2, 0.25) is 23.6 Å². The number of rotatable bonds is 9. The van der Waals surface area contributed by atoms with Gasteiger partial charge < -0.3 is 35.2 Å². The molecule has 0 saturated carbocycles. The third-order valence-corrected chi connectivity index (χ3v) is 11.2. The zero-order valence-electron chi connectivity index (χ0n) is 35.9. The highest BCUT2D eigenvalue weighted by Crippen LogP contribution is 2.30. The number of amides is 5. The third-order valence-electron chi connectivity index (χ3n) is 11.2. The number of esters is 2. The van der Waals surface area contributed by atoms with Gasteiger partial charge in [0.15, 0.2) is 6.10 Å². The second-order valence-electron chi connectivity index (χ2n) is 17.2. The fraction of sp³-hybridized carbons (Fsp3) is 0.698. The molecule has 1 aromatic rings. The van der Waals surface area contributed by atoms with E-state index in [1.54, 1.807) is 79.7 Å². The summed E-state index contributed by atoms with van der Waals surface area (Å²) in [6.07, 6.45) is 1.32. The second-order valence-corrected chi connectivity index (χ2v) is 17.2. The number of hydrogen-bond donors (Lipinski definition) is 3. The van der Waals surface area contributed by atoms with Gasteiger partial charge in [-0.25, -0.2) is 9.59 Å². The van der Waals surface area contributed by atoms with Crippen LogP contribution in [-0.4, -0.2) is 107 Å². The number of nitrogens with one attached hydrogen (secondary N) is 3. The minimum atomic E-state index is -1.34. The Balaban J connectivity index is 2.14. The fourth-order valence-electron chi connectivity index (χ4n) is 7.46. The molecule has 2 heterocycles. The minimum absolute atomic E-state index is 0.0168. The van der Waals surface area contributed by atoms with E-state index in [0.29, 0.717) is 25.7 Å². The van der Waals surface area contributed by atoms with Crippen molar-refractivity contribution >= 4 is 41.5 Å². The molecule has 0 unspecified atom stereocenters. The smallest absolute Gasteiger partial charge is 0.329 e. The van der Waals surface area contributed by atoms with Crippen LogP contribution in [-0.2, 0) is 49.5 Å². The fourth-order valence-corrected chi connectivity index (χ4v) is 7.46. The molecule has 3 rings (SSSR count). The minimum Gasteiger partial charge on any atom is -0.460 e. The molecule has 2 saturated heterocycles. The Hall–Kier alpha value is -4.49. The monoisotopic (exact) mass is 797 g/mol. The number of unbranched alkanes of at least 4 members (excludes halogenated alkanes) is 2. The van der Waals surface area contributed by atoms with Crippen molar-refractivity contribution in [3.63, 3.8) is 0 Å². The summed E-state index contributed by atoms with van der Waals surface area (Å²) in [5.41, 5.74) is -0.600. The van der Waals surface area contributed by atoms with E-state index < -0.39 is 107 Å². The van der Waals surface area contributed by atoms with Gasteiger partial charge in [0.05, 0.1) is 5.41 Å². The zero-order chi connectivity index (χ0) is 42.8. The molecule has 57 heavy (non-hydrogen) atoms. The van der Waals surface area contributed by atoms with Crippen molar-refractivity contribution in [3.05, 3.63) is 35.9 Å². The largest absolute Gasteiger partial charge is 0.460 e. The van der Waals surface area contributed by atoms with E-state index in [2.05, 4.69) is 16.0 Å². The number of fused-ring (bicyclic) bond motifs is 1. The van der Waals surface area contributed by atoms with Crippen LogP contribution in [0.1, 0.15) is 113 Å². The molecule has 318 valence electrons. The summed E-state index contributed by atoms with van der Waals surface area (Å²) >= 11 is 0. The maximum absolute atomic E-state index is 14.4. The molecule has 2 aliphatic rings. The first kappa shape index (κ1) is 46.9. The van der Waals surface area contributed by atoms with E-state index in [1.165, 1.54) is 23.8 Å². The molecule has 3 N–H and O–H groups in total. The van der Waals surface area contributed by atoms with Crippen LogP contribution in [0, 0.1) is 23.2 Å². The van der Waals surface area contributed by atoms with Crippen LogP contribution in [0.2, 0.25) is 0 Å². The number of carbonyl (C=O) groups excluding carboxylic acids is 7. The Morgan fingerprint density at radius 2 is 1.40 bits per heavy atom. The van der Waals surface area contributed by atoms with Crippen LogP contribution in [0.25, 0.3) is 0 Å². The van der Waals surface area contributed by atoms with E-state index >= 15 is 0 Å². The molecule has 14 heteroatoms. The number of benzene rings is 1. The predicted octanol–water partition coefficient (Wildman–Crippen LogP) is 3.93. The van der Waals surface area contributed by atoms with Crippen LogP contribution in [0.15, 0.2) is 30.3 Å². The van der Waals surface area contributed by atoms with Crippen LogP contribution in [0.3, 0.4) is 0 Å². The first-order valence-electron chi connectivity index (χ1n) is 20.7. The molecule has 0 spiro atoms. The molecule has 0 aromatic heterocycles. The molecule has 5 amide bonds. The summed E-state index contributed by atoms with van der Waals surface area (Å²) in [6.45, 7) is 17.6. The highest BCUT2D eigenvalue weighted by molar-refractivity contribution is 5.96. The van der Waals surface area contributed by atoms with Crippen molar-refractivity contribution in [2.24, 2.45) is 23.2 Å². The van der Waals surface area contributed by atoms with Crippen molar-refractivity contribution in [2.75, 3.05) is 13.6 Å². The average molecular weight is 798 g/mol. The lowest BCUT2D eigenvalue weighted by molar-refractivity contribution is -0.169. The topological polar surface area (TPSA) is 181 Å². The molecule has 2 aliphatic heterocycles. The van der Waals surface area contributed by atoms with Gasteiger partial charge in [-0.2, -0.15) is 0 Å². The number of carbonyl (C=O) groups is 7. The standard InChI is InChI=1S/C43H67N5O9/c1-12-13-15-22-32-43(9,10)42(55)46-34(26(4)5)39(52)47(11)35(27(6)7)41(54)56-31(24-29-19-16-14-17-20-29)38(51)48-23-18-21-30(48)36(49)45-33(25(2)3)37(50)44-28(8)40(53)57-32/h14,16-17,19-20,25-28,30-35H,12-13,15,18,21-24H2,1-11H3,(H,44,50)(H,45,49)(H,46,55)/t28-,30-,31-,32-,33-,34-,35+/m0/s1. The maximum atomic E-state index is 14.4. The van der Waals surface area contributed by atoms with Crippen molar-refractivity contribution in [3.8, 4) is 0 Å². The Kier molecular flexibility index (Phi) is 17.1. The molecule has 0 radical (unpaired) electrons. The van der Waals surface area contributed by atoms with Crippen molar-refractivity contribution < 1.29 is 43.0 Å². The highest BCUT2D eigenvalue weighted by Gasteiger charge is 2.45. The number of ether oxygens (including phenoxy) is 2. The van der Waals surface area contributed by atoms with E-state index in [9.17, 15) is 33.6 Å². The van der Waals surface area contributed by atoms with Gasteiger partial charge in [-0.15, -0.1) is 0 Å². The zero-order valence-corrected chi connectivity index (χ0v) is 35.9. The number of hydrogen-bond acceptors (Lipinski definition) is 9. The number of likely N-dealkylation sites (N-methyl/N-ethyl adjacent to an activating group) is 1. The summed E-state index contributed by atoms with van der Waals surface area (Å²) in [4.78, 5) is 101. The highest BCUT2D eigenvalue weighted by atomic mass is 16.6. The van der Waals surface area contributed by atoms with Gasteiger partial charge in [-0.1, -0.05) is 91.6 Å². The first-order valence-corrected chi connectivity index (χ1v) is 20.7. The first-order chi connectivity index (χ1) is 26.7. The van der Waals surface area contributed by atoms with Crippen LogP contribution in [0.5, 0.6) is 0 Å². The van der Waals surface area contributed by atoms with Gasteiger partial charge in [-0.05, 0) is 69.8 Å². The van der Waals surface area contributed by atoms with Crippen molar-refractivity contribution in [1.82, 2.24) is 25.8 Å². The normalized spacial score (nSPS) is 27.6. The Labute approximate surface area is 338 Å². The quantitative estimate of drug-likeness (QED) is 0.247. The van der Waals surface area contributed by atoms with E-state index in [4.69, 9.17) is 9.47 Å². The van der Waals surface area contributed by atoms with Gasteiger partial charge in [0.25, 0.3) is 5.91 Å². The van der Waals surface area contributed by atoms with Crippen LogP contribution >= 0.6 is 0 Å². The lowest BCUT2D eigenvalue weighted by Gasteiger charge is -2.38. The SMILES string of the molecule is CCCCC[C@@H]1OC(=O)[C@H](C)NC(=O)[C@H](C(C)C)NC(=O)[C@@H]2CCCN2C(=O)[C@H](Cc2ccccc2)OC(=O)[C@@H](C(C)C)N(C)C(=O)[C@H](C(C)C)NC(=O)C1(C)C. The second kappa shape index (κ2) is 20.8. The molecule has 0 bridgehead atoms. The predicted molar refractivity (Wildman–Crippen MR) is 215 cm³/mol. The summed E-state index contributed by atoms with van der Waals surface area (Å²) in [7, 11) is 1.48. The molecular weight excluding hydrogens is 730 g/mol. The molecule has 14 nitrogen and oxygen atoms in total. The summed E-state index contributed by atoms with van der Waals surface area (Å²) < 4.78 is 12.1.